The highest BCUT2D eigenvalue weighted by Crippen LogP contribution is 1.95. The first-order chi connectivity index (χ1) is 6.06. The van der Waals surface area contributed by atoms with E-state index in [9.17, 15) is 4.79 Å². The SMILES string of the molecule is CCNC(C)CC(=O)COC(C)C. The summed E-state index contributed by atoms with van der Waals surface area (Å²) in [7, 11) is 0. The quantitative estimate of drug-likeness (QED) is 0.654. The molecule has 0 aliphatic heterocycles. The van der Waals surface area contributed by atoms with Gasteiger partial charge in [0.25, 0.3) is 0 Å². The van der Waals surface area contributed by atoms with Crippen molar-refractivity contribution >= 4 is 5.78 Å². The number of ether oxygens (including phenoxy) is 1. The third-order valence-corrected chi connectivity index (χ3v) is 1.66. The lowest BCUT2D eigenvalue weighted by molar-refractivity contribution is -0.125. The van der Waals surface area contributed by atoms with Crippen LogP contribution in [0.3, 0.4) is 0 Å². The largest absolute Gasteiger partial charge is 0.371 e. The van der Waals surface area contributed by atoms with Crippen molar-refractivity contribution in [3.8, 4) is 0 Å². The Hall–Kier alpha value is -0.410. The Morgan fingerprint density at radius 1 is 1.38 bits per heavy atom. The van der Waals surface area contributed by atoms with Gasteiger partial charge in [0.1, 0.15) is 6.61 Å². The Bertz CT molecular complexity index is 146. The van der Waals surface area contributed by atoms with Gasteiger partial charge in [-0.15, -0.1) is 0 Å². The highest BCUT2D eigenvalue weighted by atomic mass is 16.5. The van der Waals surface area contributed by atoms with Crippen LogP contribution >= 0.6 is 0 Å². The first kappa shape index (κ1) is 12.6. The molecule has 0 aromatic rings. The van der Waals surface area contributed by atoms with Crippen LogP contribution in [0.5, 0.6) is 0 Å². The van der Waals surface area contributed by atoms with E-state index in [1.165, 1.54) is 0 Å². The number of hydrogen-bond donors (Lipinski definition) is 1. The van der Waals surface area contributed by atoms with Crippen LogP contribution in [-0.2, 0) is 9.53 Å². The van der Waals surface area contributed by atoms with E-state index >= 15 is 0 Å². The summed E-state index contributed by atoms with van der Waals surface area (Å²) in [6, 6.07) is 0.258. The van der Waals surface area contributed by atoms with Crippen LogP contribution < -0.4 is 5.32 Å². The average Bonchev–Trinajstić information content (AvgIpc) is 2.01. The van der Waals surface area contributed by atoms with E-state index in [1.54, 1.807) is 0 Å². The van der Waals surface area contributed by atoms with Gasteiger partial charge in [-0.25, -0.2) is 0 Å². The molecule has 0 rings (SSSR count). The summed E-state index contributed by atoms with van der Waals surface area (Å²) in [5.74, 6) is 0.169. The molecule has 0 aliphatic rings. The molecule has 0 saturated heterocycles. The number of carbonyl (C=O) groups excluding carboxylic acids is 1. The second-order valence-electron chi connectivity index (χ2n) is 3.56. The fourth-order valence-electron chi connectivity index (χ4n) is 1.08. The molecular formula is C10H21NO2. The zero-order valence-electron chi connectivity index (χ0n) is 9.09. The van der Waals surface area contributed by atoms with Gasteiger partial charge in [0.05, 0.1) is 6.10 Å². The molecule has 0 saturated carbocycles. The fraction of sp³-hybridized carbons (Fsp3) is 0.900. The summed E-state index contributed by atoms with van der Waals surface area (Å²) in [4.78, 5) is 11.3. The molecule has 0 aromatic carbocycles. The Morgan fingerprint density at radius 3 is 2.46 bits per heavy atom. The van der Waals surface area contributed by atoms with Crippen LogP contribution in [0.1, 0.15) is 34.1 Å². The Balaban J connectivity index is 3.50. The third kappa shape index (κ3) is 7.94. The lowest BCUT2D eigenvalue weighted by Gasteiger charge is -2.12. The van der Waals surface area contributed by atoms with Crippen LogP contribution in [0, 0.1) is 0 Å². The molecule has 0 fully saturated rings. The van der Waals surface area contributed by atoms with Crippen molar-refractivity contribution in [2.75, 3.05) is 13.2 Å². The van der Waals surface area contributed by atoms with Crippen molar-refractivity contribution in [2.45, 2.75) is 46.3 Å². The van der Waals surface area contributed by atoms with Gasteiger partial charge >= 0.3 is 0 Å². The Labute approximate surface area is 80.8 Å². The van der Waals surface area contributed by atoms with E-state index in [-0.39, 0.29) is 24.5 Å². The van der Waals surface area contributed by atoms with E-state index in [4.69, 9.17) is 4.74 Å². The summed E-state index contributed by atoms with van der Waals surface area (Å²) in [5.41, 5.74) is 0. The Morgan fingerprint density at radius 2 is 2.00 bits per heavy atom. The maximum absolute atomic E-state index is 11.3. The van der Waals surface area contributed by atoms with Crippen molar-refractivity contribution < 1.29 is 9.53 Å². The number of rotatable bonds is 7. The van der Waals surface area contributed by atoms with Gasteiger partial charge in [-0.05, 0) is 27.3 Å². The minimum Gasteiger partial charge on any atom is -0.371 e. The molecule has 0 heterocycles. The predicted molar refractivity (Wildman–Crippen MR) is 53.9 cm³/mol. The summed E-state index contributed by atoms with van der Waals surface area (Å²) in [6.45, 7) is 9.05. The summed E-state index contributed by atoms with van der Waals surface area (Å²) in [5, 5.41) is 3.19. The monoisotopic (exact) mass is 187 g/mol. The lowest BCUT2D eigenvalue weighted by atomic mass is 10.2. The van der Waals surface area contributed by atoms with Gasteiger partial charge < -0.3 is 10.1 Å². The summed E-state index contributed by atoms with van der Waals surface area (Å²) in [6.07, 6.45) is 0.694. The molecule has 78 valence electrons. The van der Waals surface area contributed by atoms with Crippen LogP contribution in [-0.4, -0.2) is 31.1 Å². The second-order valence-corrected chi connectivity index (χ2v) is 3.56. The van der Waals surface area contributed by atoms with Crippen molar-refractivity contribution in [1.29, 1.82) is 0 Å². The molecule has 0 aromatic heterocycles. The van der Waals surface area contributed by atoms with Gasteiger partial charge in [0.15, 0.2) is 5.78 Å². The van der Waals surface area contributed by atoms with Crippen LogP contribution in [0.2, 0.25) is 0 Å². The smallest absolute Gasteiger partial charge is 0.160 e. The molecule has 0 spiro atoms. The van der Waals surface area contributed by atoms with E-state index in [0.717, 1.165) is 6.54 Å². The van der Waals surface area contributed by atoms with Crippen molar-refractivity contribution in [3.63, 3.8) is 0 Å². The maximum atomic E-state index is 11.3. The third-order valence-electron chi connectivity index (χ3n) is 1.66. The molecular weight excluding hydrogens is 166 g/mol. The molecule has 13 heavy (non-hydrogen) atoms. The van der Waals surface area contributed by atoms with Crippen LogP contribution in [0.15, 0.2) is 0 Å². The first-order valence-corrected chi connectivity index (χ1v) is 4.93. The molecule has 0 aliphatic carbocycles. The Kier molecular flexibility index (Phi) is 6.82. The van der Waals surface area contributed by atoms with Crippen LogP contribution in [0.4, 0.5) is 0 Å². The number of carbonyl (C=O) groups is 1. The van der Waals surface area contributed by atoms with Gasteiger partial charge in [-0.2, -0.15) is 0 Å². The fourth-order valence-corrected chi connectivity index (χ4v) is 1.08. The molecule has 0 bridgehead atoms. The topological polar surface area (TPSA) is 38.3 Å². The molecule has 1 unspecified atom stereocenters. The van der Waals surface area contributed by atoms with Crippen molar-refractivity contribution in [3.05, 3.63) is 0 Å². The lowest BCUT2D eigenvalue weighted by Crippen LogP contribution is -2.29. The molecule has 3 nitrogen and oxygen atoms in total. The van der Waals surface area contributed by atoms with Gasteiger partial charge in [0, 0.05) is 12.5 Å². The molecule has 0 radical (unpaired) electrons. The highest BCUT2D eigenvalue weighted by Gasteiger charge is 2.08. The number of hydrogen-bond acceptors (Lipinski definition) is 3. The van der Waals surface area contributed by atoms with Gasteiger partial charge in [0.2, 0.25) is 0 Å². The second kappa shape index (κ2) is 7.04. The zero-order chi connectivity index (χ0) is 10.3. The zero-order valence-corrected chi connectivity index (χ0v) is 9.09. The van der Waals surface area contributed by atoms with Crippen molar-refractivity contribution in [2.24, 2.45) is 0 Å². The minimum atomic E-state index is 0.137. The number of ketones is 1. The van der Waals surface area contributed by atoms with E-state index < -0.39 is 0 Å². The number of nitrogens with one attached hydrogen (secondary N) is 1. The van der Waals surface area contributed by atoms with E-state index in [2.05, 4.69) is 5.32 Å². The van der Waals surface area contributed by atoms with Gasteiger partial charge in [-0.1, -0.05) is 6.92 Å². The predicted octanol–water partition coefficient (Wildman–Crippen LogP) is 1.37. The maximum Gasteiger partial charge on any atom is 0.160 e. The number of Topliss-reactive ketones (excluding diaryl/α,β-unsaturated/α-hetero) is 1. The van der Waals surface area contributed by atoms with E-state index in [1.807, 2.05) is 27.7 Å². The highest BCUT2D eigenvalue weighted by molar-refractivity contribution is 5.80. The molecule has 3 heteroatoms. The van der Waals surface area contributed by atoms with Crippen molar-refractivity contribution in [1.82, 2.24) is 5.32 Å². The molecule has 0 amide bonds. The first-order valence-electron chi connectivity index (χ1n) is 4.93. The standard InChI is InChI=1S/C10H21NO2/c1-5-11-9(4)6-10(12)7-13-8(2)3/h8-9,11H,5-7H2,1-4H3. The van der Waals surface area contributed by atoms with Crippen LogP contribution in [0.25, 0.3) is 0 Å². The summed E-state index contributed by atoms with van der Waals surface area (Å²) < 4.78 is 5.21. The molecule has 1 atom stereocenters. The normalized spacial score (nSPS) is 13.3. The van der Waals surface area contributed by atoms with Gasteiger partial charge in [-0.3, -0.25) is 4.79 Å². The molecule has 1 N–H and O–H groups in total. The summed E-state index contributed by atoms with van der Waals surface area (Å²) >= 11 is 0. The minimum absolute atomic E-state index is 0.137. The average molecular weight is 187 g/mol. The van der Waals surface area contributed by atoms with E-state index in [0.29, 0.717) is 6.42 Å².